The molecule has 1 aromatic heterocycles. The van der Waals surface area contributed by atoms with E-state index in [1.54, 1.807) is 42.5 Å². The molecule has 1 atom stereocenters. The Labute approximate surface area is 293 Å². The van der Waals surface area contributed by atoms with Crippen molar-refractivity contribution in [3.63, 3.8) is 0 Å². The molecule has 11 heteroatoms. The van der Waals surface area contributed by atoms with Crippen LogP contribution in [0, 0.1) is 0 Å². The minimum absolute atomic E-state index is 0.237. The van der Waals surface area contributed by atoms with Gasteiger partial charge >= 0.3 is 5.97 Å². The molecule has 0 bridgehead atoms. The predicted octanol–water partition coefficient (Wildman–Crippen LogP) is 8.51. The van der Waals surface area contributed by atoms with Crippen molar-refractivity contribution in [3.05, 3.63) is 90.0 Å². The minimum Gasteiger partial charge on any atom is -0.495 e. The van der Waals surface area contributed by atoms with Crippen molar-refractivity contribution in [2.45, 2.75) is 94.4 Å². The molecule has 260 valence electrons. The zero-order chi connectivity index (χ0) is 34.7. The average Bonchev–Trinajstić information content (AvgIpc) is 3.61. The molecule has 3 aromatic carbocycles. The summed E-state index contributed by atoms with van der Waals surface area (Å²) in [5.41, 5.74) is 1.54. The Balaban J connectivity index is 1.35. The fraction of sp³-hybridized carbons (Fsp3) is 0.421. The Morgan fingerprint density at radius 1 is 0.776 bits per heavy atom. The average molecular weight is 686 g/mol. The van der Waals surface area contributed by atoms with Crippen molar-refractivity contribution in [2.24, 2.45) is 0 Å². The molecule has 1 heterocycles. The van der Waals surface area contributed by atoms with Crippen LogP contribution in [0.4, 0.5) is 5.69 Å². The summed E-state index contributed by atoms with van der Waals surface area (Å²) in [5, 5.41) is 13.7. The Bertz CT molecular complexity index is 1600. The third-order valence-corrected chi connectivity index (χ3v) is 9.25. The number of aromatic nitrogens is 4. The first-order valence-electron chi connectivity index (χ1n) is 17.3. The number of nitrogens with one attached hydrogen (secondary N) is 1. The molecule has 0 fully saturated rings. The van der Waals surface area contributed by atoms with E-state index >= 15 is 0 Å². The van der Waals surface area contributed by atoms with Crippen LogP contribution in [0.5, 0.6) is 5.75 Å². The van der Waals surface area contributed by atoms with Gasteiger partial charge in [0.05, 0.1) is 30.7 Å². The first-order valence-corrected chi connectivity index (χ1v) is 18.2. The van der Waals surface area contributed by atoms with Crippen LogP contribution in [0.3, 0.4) is 0 Å². The molecule has 0 radical (unpaired) electrons. The van der Waals surface area contributed by atoms with E-state index in [0.29, 0.717) is 23.6 Å². The summed E-state index contributed by atoms with van der Waals surface area (Å²) in [7, 11) is 1.46. The molecule has 4 rings (SSSR count). The predicted molar refractivity (Wildman–Crippen MR) is 193 cm³/mol. The standard InChI is InChI=1S/C38H47N5O5S/c1-3-4-5-6-7-8-9-10-11-12-13-20-27-48-37(46)30-25-26-33(47-2)32(28-30)39-36(45)35(34(44)29-21-16-14-17-22-29)49-38-40-41-42-43(38)31-23-18-15-19-24-31/h14-19,21-26,28,35H,3-13,20,27H2,1-2H3,(H,39,45). The highest BCUT2D eigenvalue weighted by molar-refractivity contribution is 8.01. The lowest BCUT2D eigenvalue weighted by Gasteiger charge is -2.17. The lowest BCUT2D eigenvalue weighted by Crippen LogP contribution is -2.33. The lowest BCUT2D eigenvalue weighted by atomic mass is 10.1. The van der Waals surface area contributed by atoms with Crippen molar-refractivity contribution in [2.75, 3.05) is 19.0 Å². The number of hydrogen-bond donors (Lipinski definition) is 1. The molecule has 10 nitrogen and oxygen atoms in total. The number of nitrogens with zero attached hydrogens (tertiary/aromatic N) is 4. The van der Waals surface area contributed by atoms with Crippen molar-refractivity contribution in [3.8, 4) is 11.4 Å². The highest BCUT2D eigenvalue weighted by atomic mass is 32.2. The molecule has 0 spiro atoms. The molecule has 0 saturated carbocycles. The third-order valence-electron chi connectivity index (χ3n) is 8.12. The second-order valence-electron chi connectivity index (χ2n) is 11.9. The highest BCUT2D eigenvalue weighted by Crippen LogP contribution is 2.30. The number of esters is 1. The zero-order valence-corrected chi connectivity index (χ0v) is 29.3. The number of hydrogen-bond acceptors (Lipinski definition) is 9. The van der Waals surface area contributed by atoms with E-state index in [1.165, 1.54) is 75.6 Å². The van der Waals surface area contributed by atoms with E-state index in [9.17, 15) is 14.4 Å². The van der Waals surface area contributed by atoms with Crippen LogP contribution < -0.4 is 10.1 Å². The smallest absolute Gasteiger partial charge is 0.338 e. The number of Topliss-reactive ketones (excluding diaryl/α,β-unsaturated/α-hetero) is 1. The van der Waals surface area contributed by atoms with Gasteiger partial charge in [-0.25, -0.2) is 4.79 Å². The second kappa shape index (κ2) is 20.8. The SMILES string of the molecule is CCCCCCCCCCCCCCOC(=O)c1ccc(OC)c(NC(=O)C(Sc2nnnn2-c2ccccc2)C(=O)c2ccccc2)c1. The Morgan fingerprint density at radius 3 is 2.02 bits per heavy atom. The maximum atomic E-state index is 13.9. The van der Waals surface area contributed by atoms with Crippen LogP contribution in [-0.2, 0) is 9.53 Å². The molecule has 0 saturated heterocycles. The van der Waals surface area contributed by atoms with Crippen molar-refractivity contribution < 1.29 is 23.9 Å². The van der Waals surface area contributed by atoms with Gasteiger partial charge in [0.15, 0.2) is 11.0 Å². The van der Waals surface area contributed by atoms with Crippen LogP contribution in [0.1, 0.15) is 105 Å². The number of thioether (sulfide) groups is 1. The molecule has 1 N–H and O–H groups in total. The van der Waals surface area contributed by atoms with Gasteiger partial charge in [0, 0.05) is 5.56 Å². The number of methoxy groups -OCH3 is 1. The van der Waals surface area contributed by atoms with Gasteiger partial charge in [-0.3, -0.25) is 9.59 Å². The summed E-state index contributed by atoms with van der Waals surface area (Å²) >= 11 is 0.930. The first-order chi connectivity index (χ1) is 24.0. The summed E-state index contributed by atoms with van der Waals surface area (Å²) in [6.07, 6.45) is 14.7. The van der Waals surface area contributed by atoms with E-state index in [2.05, 4.69) is 27.8 Å². The minimum atomic E-state index is -1.26. The fourth-order valence-corrected chi connectivity index (χ4v) is 6.34. The number of benzene rings is 3. The molecule has 4 aromatic rings. The largest absolute Gasteiger partial charge is 0.495 e. The molecule has 49 heavy (non-hydrogen) atoms. The van der Waals surface area contributed by atoms with Gasteiger partial charge in [-0.2, -0.15) is 4.68 Å². The molecule has 0 aliphatic heterocycles. The fourth-order valence-electron chi connectivity index (χ4n) is 5.39. The number of rotatable bonds is 22. The molecule has 0 aliphatic carbocycles. The summed E-state index contributed by atoms with van der Waals surface area (Å²) in [5.74, 6) is -1.21. The van der Waals surface area contributed by atoms with Crippen LogP contribution in [0.2, 0.25) is 0 Å². The van der Waals surface area contributed by atoms with E-state index in [1.807, 2.05) is 30.3 Å². The van der Waals surface area contributed by atoms with Crippen LogP contribution >= 0.6 is 11.8 Å². The van der Waals surface area contributed by atoms with E-state index < -0.39 is 22.9 Å². The third kappa shape index (κ3) is 11.8. The van der Waals surface area contributed by atoms with E-state index in [4.69, 9.17) is 9.47 Å². The number of ketones is 1. The maximum absolute atomic E-state index is 13.9. The number of unbranched alkanes of at least 4 members (excludes halogenated alkanes) is 11. The Morgan fingerprint density at radius 2 is 1.39 bits per heavy atom. The topological polar surface area (TPSA) is 125 Å². The van der Waals surface area contributed by atoms with Crippen molar-refractivity contribution >= 4 is 35.1 Å². The molecular weight excluding hydrogens is 639 g/mol. The van der Waals surface area contributed by atoms with E-state index in [-0.39, 0.29) is 16.4 Å². The number of para-hydroxylation sites is 1. The molecule has 0 aliphatic rings. The van der Waals surface area contributed by atoms with Crippen molar-refractivity contribution in [1.82, 2.24) is 20.2 Å². The maximum Gasteiger partial charge on any atom is 0.338 e. The molecular formula is C38H47N5O5S. The summed E-state index contributed by atoms with van der Waals surface area (Å²) in [4.78, 5) is 40.5. The molecule has 1 unspecified atom stereocenters. The monoisotopic (exact) mass is 685 g/mol. The highest BCUT2D eigenvalue weighted by Gasteiger charge is 2.32. The number of tetrazole rings is 1. The van der Waals surface area contributed by atoms with Gasteiger partial charge in [0.2, 0.25) is 11.1 Å². The quantitative estimate of drug-likeness (QED) is 0.0285. The summed E-state index contributed by atoms with van der Waals surface area (Å²) in [6, 6.07) is 22.4. The van der Waals surface area contributed by atoms with Gasteiger partial charge in [0.1, 0.15) is 5.75 Å². The van der Waals surface area contributed by atoms with Crippen LogP contribution in [-0.4, -0.2) is 56.8 Å². The zero-order valence-electron chi connectivity index (χ0n) is 28.5. The van der Waals surface area contributed by atoms with Gasteiger partial charge in [-0.1, -0.05) is 138 Å². The first kappa shape index (κ1) is 37.3. The molecule has 1 amide bonds. The normalized spacial score (nSPS) is 11.6. The second-order valence-corrected chi connectivity index (χ2v) is 12.9. The number of carbonyl (C=O) groups excluding carboxylic acids is 3. The number of ether oxygens (including phenoxy) is 2. The Hall–Kier alpha value is -4.51. The summed E-state index contributed by atoms with van der Waals surface area (Å²) in [6.45, 7) is 2.57. The van der Waals surface area contributed by atoms with Crippen molar-refractivity contribution in [1.29, 1.82) is 0 Å². The number of anilines is 1. The van der Waals surface area contributed by atoms with Gasteiger partial charge in [-0.15, -0.1) is 5.10 Å². The summed E-state index contributed by atoms with van der Waals surface area (Å²) < 4.78 is 12.5. The number of amides is 1. The Kier molecular flexibility index (Phi) is 15.8. The van der Waals surface area contributed by atoms with Crippen LogP contribution in [0.15, 0.2) is 84.0 Å². The lowest BCUT2D eigenvalue weighted by molar-refractivity contribution is -0.115. The van der Waals surface area contributed by atoms with Gasteiger partial charge in [-0.05, 0) is 47.2 Å². The number of carbonyl (C=O) groups is 3. The van der Waals surface area contributed by atoms with Gasteiger partial charge < -0.3 is 14.8 Å². The van der Waals surface area contributed by atoms with E-state index in [0.717, 1.165) is 31.0 Å². The van der Waals surface area contributed by atoms with Crippen LogP contribution in [0.25, 0.3) is 5.69 Å². The van der Waals surface area contributed by atoms with Gasteiger partial charge in [0.25, 0.3) is 0 Å².